The molecule has 1 fully saturated rings. The number of halogens is 3. The van der Waals surface area contributed by atoms with Gasteiger partial charge in [0, 0.05) is 11.9 Å². The zero-order valence-corrected chi connectivity index (χ0v) is 13.7. The van der Waals surface area contributed by atoms with Crippen LogP contribution in [0.2, 0.25) is 0 Å². The number of alkyl halides is 3. The van der Waals surface area contributed by atoms with Crippen molar-refractivity contribution in [2.75, 3.05) is 20.3 Å². The van der Waals surface area contributed by atoms with Gasteiger partial charge in [0.2, 0.25) is 11.7 Å². The van der Waals surface area contributed by atoms with E-state index in [1.807, 2.05) is 6.92 Å². The van der Waals surface area contributed by atoms with E-state index in [1.54, 1.807) is 24.1 Å². The van der Waals surface area contributed by atoms with Crippen molar-refractivity contribution in [3.05, 3.63) is 22.9 Å². The average Bonchev–Trinajstić information content (AvgIpc) is 3.11. The largest absolute Gasteiger partial charge is 0.471 e. The topological polar surface area (TPSA) is 68.5 Å². The Morgan fingerprint density at radius 1 is 1.42 bits per heavy atom. The fraction of sp³-hybridized carbons (Fsp3) is 0.500. The van der Waals surface area contributed by atoms with Gasteiger partial charge in [0.25, 0.3) is 0 Å². The fourth-order valence-electron chi connectivity index (χ4n) is 2.32. The zero-order valence-electron chi connectivity index (χ0n) is 12.9. The number of hydrogen-bond donors (Lipinski definition) is 0. The summed E-state index contributed by atoms with van der Waals surface area (Å²) in [5.74, 6) is -1.52. The first-order chi connectivity index (χ1) is 11.2. The molecule has 24 heavy (non-hydrogen) atoms. The first kappa shape index (κ1) is 16.9. The molecule has 0 unspecified atom stereocenters. The van der Waals surface area contributed by atoms with Gasteiger partial charge in [-0.1, -0.05) is 5.16 Å². The van der Waals surface area contributed by atoms with Gasteiger partial charge in [-0.2, -0.15) is 18.2 Å². The lowest BCUT2D eigenvalue weighted by Crippen LogP contribution is -2.52. The maximum absolute atomic E-state index is 12.5. The highest BCUT2D eigenvalue weighted by Crippen LogP contribution is 2.33. The number of hydrogen-bond acceptors (Lipinski definition) is 6. The van der Waals surface area contributed by atoms with E-state index in [9.17, 15) is 18.0 Å². The van der Waals surface area contributed by atoms with E-state index in [0.29, 0.717) is 24.6 Å². The molecule has 6 nitrogen and oxygen atoms in total. The van der Waals surface area contributed by atoms with Gasteiger partial charge in [-0.25, -0.2) is 0 Å². The summed E-state index contributed by atoms with van der Waals surface area (Å²) in [6.45, 7) is 2.99. The van der Waals surface area contributed by atoms with E-state index in [0.717, 1.165) is 4.88 Å². The first-order valence-electron chi connectivity index (χ1n) is 7.02. The van der Waals surface area contributed by atoms with Crippen LogP contribution in [0, 0.1) is 5.41 Å². The van der Waals surface area contributed by atoms with Gasteiger partial charge in [0.15, 0.2) is 0 Å². The molecule has 10 heteroatoms. The number of thiophene rings is 1. The smallest absolute Gasteiger partial charge is 0.379 e. The standard InChI is InChI=1S/C14H14F3N3O3S/c1-13(6-22-7-13)12(21)20(2)5-8-3-4-9(24-8)10-18-11(23-19-10)14(15,16)17/h3-4H,5-7H2,1-2H3. The molecule has 3 heterocycles. The normalized spacial score (nSPS) is 16.7. The molecule has 1 aliphatic rings. The van der Waals surface area contributed by atoms with Crippen LogP contribution < -0.4 is 0 Å². The summed E-state index contributed by atoms with van der Waals surface area (Å²) < 4.78 is 46.8. The Morgan fingerprint density at radius 2 is 2.12 bits per heavy atom. The van der Waals surface area contributed by atoms with Crippen molar-refractivity contribution in [2.45, 2.75) is 19.6 Å². The van der Waals surface area contributed by atoms with Crippen molar-refractivity contribution in [3.8, 4) is 10.7 Å². The molecule has 0 saturated carbocycles. The third-order valence-corrected chi connectivity index (χ3v) is 4.71. The third kappa shape index (κ3) is 3.16. The summed E-state index contributed by atoms with van der Waals surface area (Å²) in [5.41, 5.74) is -0.496. The van der Waals surface area contributed by atoms with E-state index in [1.165, 1.54) is 11.3 Å². The van der Waals surface area contributed by atoms with E-state index in [2.05, 4.69) is 14.7 Å². The van der Waals surface area contributed by atoms with E-state index in [4.69, 9.17) is 4.74 Å². The van der Waals surface area contributed by atoms with Crippen molar-refractivity contribution >= 4 is 17.2 Å². The zero-order chi connectivity index (χ0) is 17.5. The number of aromatic nitrogens is 2. The molecule has 1 saturated heterocycles. The van der Waals surface area contributed by atoms with Gasteiger partial charge in [0.1, 0.15) is 0 Å². The maximum Gasteiger partial charge on any atom is 0.471 e. The molecule has 1 amide bonds. The van der Waals surface area contributed by atoms with Crippen LogP contribution in [0.4, 0.5) is 13.2 Å². The van der Waals surface area contributed by atoms with Gasteiger partial charge >= 0.3 is 12.1 Å². The number of rotatable bonds is 4. The SMILES string of the molecule is CN(Cc1ccc(-c2noc(C(F)(F)F)n2)s1)C(=O)C1(C)COC1. The van der Waals surface area contributed by atoms with Crippen molar-refractivity contribution < 1.29 is 27.2 Å². The van der Waals surface area contributed by atoms with Gasteiger partial charge in [-0.05, 0) is 19.1 Å². The predicted octanol–water partition coefficient (Wildman–Crippen LogP) is 2.81. The van der Waals surface area contributed by atoms with Crippen LogP contribution in [0.1, 0.15) is 17.7 Å². The highest BCUT2D eigenvalue weighted by atomic mass is 32.1. The fourth-order valence-corrected chi connectivity index (χ4v) is 3.31. The number of carbonyl (C=O) groups is 1. The maximum atomic E-state index is 12.5. The molecule has 0 N–H and O–H groups in total. The molecule has 0 aromatic carbocycles. The van der Waals surface area contributed by atoms with Crippen LogP contribution in [0.15, 0.2) is 16.7 Å². The Balaban J connectivity index is 1.69. The minimum atomic E-state index is -4.67. The highest BCUT2D eigenvalue weighted by Gasteiger charge is 2.42. The third-order valence-electron chi connectivity index (χ3n) is 3.65. The molecule has 2 aromatic heterocycles. The van der Waals surface area contributed by atoms with Crippen LogP contribution in [-0.2, 0) is 22.3 Å². The Hall–Kier alpha value is -1.94. The van der Waals surface area contributed by atoms with Crippen LogP contribution in [0.3, 0.4) is 0 Å². The second-order valence-corrected chi connectivity index (χ2v) is 7.07. The van der Waals surface area contributed by atoms with Crippen LogP contribution in [0.5, 0.6) is 0 Å². The van der Waals surface area contributed by atoms with Crippen LogP contribution in [-0.4, -0.2) is 41.2 Å². The molecule has 1 aliphatic heterocycles. The van der Waals surface area contributed by atoms with Crippen molar-refractivity contribution in [2.24, 2.45) is 5.41 Å². The lowest BCUT2D eigenvalue weighted by atomic mass is 9.87. The van der Waals surface area contributed by atoms with Gasteiger partial charge in [0.05, 0.1) is 30.1 Å². The van der Waals surface area contributed by atoms with Gasteiger partial charge in [-0.3, -0.25) is 4.79 Å². The Morgan fingerprint density at radius 3 is 2.67 bits per heavy atom. The highest BCUT2D eigenvalue weighted by molar-refractivity contribution is 7.15. The monoisotopic (exact) mass is 361 g/mol. The van der Waals surface area contributed by atoms with Gasteiger partial charge in [-0.15, -0.1) is 11.3 Å². The second kappa shape index (κ2) is 5.85. The summed E-state index contributed by atoms with van der Waals surface area (Å²) in [6, 6.07) is 3.34. The predicted molar refractivity (Wildman–Crippen MR) is 78.0 cm³/mol. The molecule has 0 bridgehead atoms. The number of nitrogens with zero attached hydrogens (tertiary/aromatic N) is 3. The molecule has 3 rings (SSSR count). The van der Waals surface area contributed by atoms with E-state index >= 15 is 0 Å². The summed E-state index contributed by atoms with van der Waals surface area (Å²) in [5, 5.41) is 3.35. The molecule has 2 aromatic rings. The average molecular weight is 361 g/mol. The Labute approximate surface area is 139 Å². The summed E-state index contributed by atoms with van der Waals surface area (Å²) in [7, 11) is 1.68. The Kier molecular flexibility index (Phi) is 4.12. The molecule has 0 atom stereocenters. The molecule has 0 spiro atoms. The summed E-state index contributed by atoms with van der Waals surface area (Å²) in [6.07, 6.45) is -4.67. The lowest BCUT2D eigenvalue weighted by Gasteiger charge is -2.39. The molecule has 0 aliphatic carbocycles. The summed E-state index contributed by atoms with van der Waals surface area (Å²) in [4.78, 5) is 18.5. The number of carbonyl (C=O) groups excluding carboxylic acids is 1. The summed E-state index contributed by atoms with van der Waals surface area (Å²) >= 11 is 1.21. The first-order valence-corrected chi connectivity index (χ1v) is 7.84. The number of ether oxygens (including phenoxy) is 1. The van der Waals surface area contributed by atoms with E-state index < -0.39 is 17.5 Å². The van der Waals surface area contributed by atoms with Crippen molar-refractivity contribution in [1.29, 1.82) is 0 Å². The molecular formula is C14H14F3N3O3S. The molecule has 0 radical (unpaired) electrons. The minimum absolute atomic E-state index is 0.0254. The minimum Gasteiger partial charge on any atom is -0.379 e. The molecular weight excluding hydrogens is 347 g/mol. The van der Waals surface area contributed by atoms with Crippen molar-refractivity contribution in [1.82, 2.24) is 15.0 Å². The molecule has 130 valence electrons. The van der Waals surface area contributed by atoms with Crippen LogP contribution >= 0.6 is 11.3 Å². The quantitative estimate of drug-likeness (QED) is 0.838. The second-order valence-electron chi connectivity index (χ2n) is 5.90. The number of amides is 1. The van der Waals surface area contributed by atoms with Crippen molar-refractivity contribution in [3.63, 3.8) is 0 Å². The lowest BCUT2D eigenvalue weighted by molar-refractivity contribution is -0.167. The Bertz CT molecular complexity index is 752. The van der Waals surface area contributed by atoms with Gasteiger partial charge < -0.3 is 14.2 Å². The van der Waals surface area contributed by atoms with E-state index in [-0.39, 0.29) is 11.7 Å². The van der Waals surface area contributed by atoms with Crippen LogP contribution in [0.25, 0.3) is 10.7 Å².